The average Bonchev–Trinajstić information content (AvgIpc) is 2.97. The molecule has 0 bridgehead atoms. The fourth-order valence-corrected chi connectivity index (χ4v) is 6.46. The fraction of sp³-hybridized carbons (Fsp3) is 0.143. The Morgan fingerprint density at radius 2 is 1.37 bits per heavy atom. The van der Waals surface area contributed by atoms with Crippen molar-refractivity contribution in [2.75, 3.05) is 0 Å². The lowest BCUT2D eigenvalue weighted by Gasteiger charge is -2.41. The Morgan fingerprint density at radius 1 is 0.780 bits per heavy atom. The number of hydrogen-bond donors (Lipinski definition) is 0. The van der Waals surface area contributed by atoms with Crippen molar-refractivity contribution in [2.24, 2.45) is 4.40 Å². The molecule has 1 atom stereocenters. The van der Waals surface area contributed by atoms with E-state index < -0.39 is 10.0 Å². The Hall–Kier alpha value is -4.55. The van der Waals surface area contributed by atoms with Crippen LogP contribution in [-0.4, -0.2) is 24.8 Å². The van der Waals surface area contributed by atoms with Crippen molar-refractivity contribution in [3.05, 3.63) is 148 Å². The molecule has 2 aliphatic rings. The molecule has 204 valence electrons. The molecule has 6 rings (SSSR count). The van der Waals surface area contributed by atoms with E-state index in [4.69, 9.17) is 0 Å². The van der Waals surface area contributed by atoms with Gasteiger partial charge >= 0.3 is 0 Å². The highest BCUT2D eigenvalue weighted by atomic mass is 32.2. The van der Waals surface area contributed by atoms with Gasteiger partial charge in [0.1, 0.15) is 0 Å². The fourth-order valence-electron chi connectivity index (χ4n) is 5.42. The maximum absolute atomic E-state index is 14.4. The third-order valence-corrected chi connectivity index (χ3v) is 9.02. The zero-order valence-electron chi connectivity index (χ0n) is 23.2. The Labute approximate surface area is 241 Å². The van der Waals surface area contributed by atoms with Gasteiger partial charge in [-0.1, -0.05) is 102 Å². The van der Waals surface area contributed by atoms with Crippen LogP contribution in [0.5, 0.6) is 0 Å². The second-order valence-electron chi connectivity index (χ2n) is 10.7. The van der Waals surface area contributed by atoms with E-state index in [9.17, 15) is 13.2 Å². The largest absolute Gasteiger partial charge is 0.339 e. The smallest absolute Gasteiger partial charge is 0.282 e. The molecule has 0 aliphatic carbocycles. The minimum absolute atomic E-state index is 0.0981. The van der Waals surface area contributed by atoms with Crippen molar-refractivity contribution >= 4 is 33.3 Å². The van der Waals surface area contributed by atoms with Crippen LogP contribution in [-0.2, 0) is 10.0 Å². The second kappa shape index (κ2) is 10.5. The first-order valence-electron chi connectivity index (χ1n) is 13.6. The summed E-state index contributed by atoms with van der Waals surface area (Å²) >= 11 is 0. The summed E-state index contributed by atoms with van der Waals surface area (Å²) in [6.07, 6.45) is 4.28. The Morgan fingerprint density at radius 3 is 2.02 bits per heavy atom. The molecule has 5 nitrogen and oxygen atoms in total. The van der Waals surface area contributed by atoms with Crippen LogP contribution in [0.25, 0.3) is 11.8 Å². The second-order valence-corrected chi connectivity index (χ2v) is 12.3. The molecule has 4 aromatic rings. The van der Waals surface area contributed by atoms with Gasteiger partial charge in [-0.3, -0.25) is 4.79 Å². The van der Waals surface area contributed by atoms with Crippen molar-refractivity contribution in [2.45, 2.75) is 38.1 Å². The molecule has 0 fully saturated rings. The van der Waals surface area contributed by atoms with E-state index in [0.29, 0.717) is 16.8 Å². The van der Waals surface area contributed by atoms with Crippen molar-refractivity contribution in [1.29, 1.82) is 0 Å². The van der Waals surface area contributed by atoms with Gasteiger partial charge in [0.15, 0.2) is 5.78 Å². The van der Waals surface area contributed by atoms with E-state index in [1.54, 1.807) is 36.4 Å². The highest BCUT2D eigenvalue weighted by Crippen LogP contribution is 2.45. The number of benzene rings is 4. The zero-order valence-corrected chi connectivity index (χ0v) is 24.0. The Kier molecular flexibility index (Phi) is 6.80. The molecule has 0 spiro atoms. The van der Waals surface area contributed by atoms with E-state index in [1.807, 2.05) is 81.6 Å². The maximum Gasteiger partial charge on any atom is 0.282 e. The molecule has 0 amide bonds. The molecule has 41 heavy (non-hydrogen) atoms. The van der Waals surface area contributed by atoms with Crippen LogP contribution in [0.1, 0.15) is 56.2 Å². The molecule has 0 saturated heterocycles. The van der Waals surface area contributed by atoms with Crippen LogP contribution >= 0.6 is 0 Å². The van der Waals surface area contributed by atoms with Gasteiger partial charge in [-0.15, -0.1) is 0 Å². The number of aryl methyl sites for hydroxylation is 3. The average molecular weight is 559 g/mol. The molecule has 0 aromatic heterocycles. The van der Waals surface area contributed by atoms with E-state index in [0.717, 1.165) is 33.4 Å². The van der Waals surface area contributed by atoms with Crippen LogP contribution < -0.4 is 0 Å². The van der Waals surface area contributed by atoms with Gasteiger partial charge in [0.25, 0.3) is 10.0 Å². The van der Waals surface area contributed by atoms with Crippen LogP contribution in [0.2, 0.25) is 0 Å². The molecule has 0 radical (unpaired) electrons. The number of hydrogen-bond acceptors (Lipinski definition) is 4. The molecule has 2 aliphatic heterocycles. The van der Waals surface area contributed by atoms with Crippen LogP contribution in [0.15, 0.2) is 118 Å². The maximum atomic E-state index is 14.4. The number of ketones is 1. The third-order valence-electron chi connectivity index (χ3n) is 7.69. The molecular formula is C35H30N2O3S. The summed E-state index contributed by atoms with van der Waals surface area (Å²) < 4.78 is 31.8. The number of nitrogens with zero attached hydrogens (tertiary/aromatic N) is 2. The number of carbonyl (C=O) groups excluding carboxylic acids is 1. The first-order valence-corrected chi connectivity index (χ1v) is 15.0. The number of carbonyl (C=O) groups is 1. The first-order chi connectivity index (χ1) is 19.7. The minimum Gasteiger partial charge on any atom is -0.339 e. The number of allylic oxidation sites excluding steroid dienone is 1. The lowest BCUT2D eigenvalue weighted by molar-refractivity contribution is 0.103. The topological polar surface area (TPSA) is 66.8 Å². The highest BCUT2D eigenvalue weighted by Gasteiger charge is 2.39. The molecule has 1 unspecified atom stereocenters. The van der Waals surface area contributed by atoms with E-state index in [1.165, 1.54) is 0 Å². The molecule has 4 aromatic carbocycles. The zero-order chi connectivity index (χ0) is 28.7. The summed E-state index contributed by atoms with van der Waals surface area (Å²) in [4.78, 5) is 16.6. The summed E-state index contributed by atoms with van der Waals surface area (Å²) in [5.74, 6) is -0.254. The van der Waals surface area contributed by atoms with Crippen molar-refractivity contribution in [3.8, 4) is 0 Å². The van der Waals surface area contributed by atoms with Crippen molar-refractivity contribution in [3.63, 3.8) is 0 Å². The predicted octanol–water partition coefficient (Wildman–Crippen LogP) is 7.47. The van der Waals surface area contributed by atoms with Gasteiger partial charge < -0.3 is 4.90 Å². The number of rotatable bonds is 5. The van der Waals surface area contributed by atoms with Gasteiger partial charge in [0, 0.05) is 23.7 Å². The highest BCUT2D eigenvalue weighted by molar-refractivity contribution is 7.90. The number of fused-ring (bicyclic) bond motifs is 3. The summed E-state index contributed by atoms with van der Waals surface area (Å²) in [7, 11) is -4.09. The Bertz CT molecular complexity index is 1850. The quantitative estimate of drug-likeness (QED) is 0.238. The predicted molar refractivity (Wildman–Crippen MR) is 164 cm³/mol. The van der Waals surface area contributed by atoms with Crippen molar-refractivity contribution in [1.82, 2.24) is 4.90 Å². The molecule has 2 heterocycles. The minimum atomic E-state index is -4.09. The number of Topliss-reactive ketones (excluding diaryl/α,β-unsaturated/α-hetero) is 1. The van der Waals surface area contributed by atoms with Crippen LogP contribution in [0.3, 0.4) is 0 Å². The SMILES string of the molecule is Cc1ccc(C(=O)C2=C3c4ccccc4C=CN3C(c3ccc(C)cc3)CC2=NS(=O)(=O)c2ccc(C)cc2)cc1. The number of sulfonamides is 1. The normalized spacial score (nSPS) is 17.4. The van der Waals surface area contributed by atoms with Crippen LogP contribution in [0, 0.1) is 20.8 Å². The van der Waals surface area contributed by atoms with E-state index in [2.05, 4.69) is 21.4 Å². The van der Waals surface area contributed by atoms with Gasteiger partial charge in [-0.2, -0.15) is 12.8 Å². The lowest BCUT2D eigenvalue weighted by atomic mass is 9.82. The third kappa shape index (κ3) is 5.07. The van der Waals surface area contributed by atoms with Crippen LogP contribution in [0.4, 0.5) is 0 Å². The standard InChI is InChI=1S/C35H30N2O3S/c1-23-8-14-27(15-9-23)32-22-31(36-41(39,40)29-18-12-25(3)13-19-29)33(35(38)28-16-10-24(2)11-17-28)34-30-7-5-4-6-26(30)20-21-37(32)34/h4-21,32H,22H2,1-3H3. The molecule has 6 heteroatoms. The summed E-state index contributed by atoms with van der Waals surface area (Å²) in [5, 5.41) is 0. The summed E-state index contributed by atoms with van der Waals surface area (Å²) in [6, 6.07) is 29.8. The van der Waals surface area contributed by atoms with Gasteiger partial charge in [0.05, 0.1) is 27.9 Å². The van der Waals surface area contributed by atoms with E-state index in [-0.39, 0.29) is 28.9 Å². The summed E-state index contributed by atoms with van der Waals surface area (Å²) in [5.41, 5.74) is 7.68. The van der Waals surface area contributed by atoms with Gasteiger partial charge in [-0.05, 0) is 50.1 Å². The molecule has 0 N–H and O–H groups in total. The summed E-state index contributed by atoms with van der Waals surface area (Å²) in [6.45, 7) is 5.90. The molecular weight excluding hydrogens is 528 g/mol. The monoisotopic (exact) mass is 558 g/mol. The lowest BCUT2D eigenvalue weighted by Crippen LogP contribution is -2.36. The molecule has 0 saturated carbocycles. The van der Waals surface area contributed by atoms with Gasteiger partial charge in [0.2, 0.25) is 0 Å². The van der Waals surface area contributed by atoms with Crippen molar-refractivity contribution < 1.29 is 13.2 Å². The Balaban J connectivity index is 1.63. The first kappa shape index (κ1) is 26.7. The van der Waals surface area contributed by atoms with Gasteiger partial charge in [-0.25, -0.2) is 0 Å². The van der Waals surface area contributed by atoms with E-state index >= 15 is 0 Å².